The second-order valence-electron chi connectivity index (χ2n) is 19.4. The summed E-state index contributed by atoms with van der Waals surface area (Å²) < 4.78 is 21.1. The van der Waals surface area contributed by atoms with Gasteiger partial charge in [-0.3, -0.25) is 4.79 Å². The van der Waals surface area contributed by atoms with Gasteiger partial charge in [0.25, 0.3) is 5.91 Å². The van der Waals surface area contributed by atoms with Crippen molar-refractivity contribution >= 4 is 18.0 Å². The first-order valence-corrected chi connectivity index (χ1v) is 22.9. The van der Waals surface area contributed by atoms with Gasteiger partial charge in [-0.2, -0.15) is 0 Å². The number of aliphatic hydroxyl groups is 9. The lowest BCUT2D eigenvalue weighted by Crippen LogP contribution is -2.56. The maximum absolute atomic E-state index is 13.1. The summed E-state index contributed by atoms with van der Waals surface area (Å²) in [6, 6.07) is -1.68. The highest BCUT2D eigenvalue weighted by Gasteiger charge is 2.59. The van der Waals surface area contributed by atoms with Crippen molar-refractivity contribution in [3.8, 4) is 0 Å². The highest BCUT2D eigenvalue weighted by molar-refractivity contribution is 5.87. The molecule has 0 aliphatic heterocycles. The van der Waals surface area contributed by atoms with Gasteiger partial charge in [0.05, 0.1) is 25.9 Å². The number of fused-ring (bicyclic) bond motifs is 5. The molecule has 1 amide bonds. The van der Waals surface area contributed by atoms with Crippen LogP contribution >= 0.6 is 0 Å². The maximum atomic E-state index is 13.1. The van der Waals surface area contributed by atoms with E-state index in [9.17, 15) is 55.2 Å². The molecule has 0 spiro atoms. The van der Waals surface area contributed by atoms with Gasteiger partial charge in [0.1, 0.15) is 43.2 Å². The molecular formula is C45H77NO16. The molecule has 3 saturated carbocycles. The number of allylic oxidation sites excluding steroid dienone is 1. The largest absolute Gasteiger partial charge is 0.508 e. The van der Waals surface area contributed by atoms with Crippen molar-refractivity contribution in [3.63, 3.8) is 0 Å². The Hall–Kier alpha value is -2.45. The van der Waals surface area contributed by atoms with E-state index in [-0.39, 0.29) is 12.0 Å². The summed E-state index contributed by atoms with van der Waals surface area (Å²) in [4.78, 5) is 39.0. The van der Waals surface area contributed by atoms with Crippen LogP contribution in [0.5, 0.6) is 0 Å². The van der Waals surface area contributed by atoms with E-state index in [0.29, 0.717) is 36.0 Å². The number of carbonyl (C=O) groups is 3. The summed E-state index contributed by atoms with van der Waals surface area (Å²) in [6.07, 6.45) is -4.52. The zero-order valence-corrected chi connectivity index (χ0v) is 37.5. The van der Waals surface area contributed by atoms with Crippen molar-refractivity contribution in [1.29, 1.82) is 0 Å². The fourth-order valence-corrected chi connectivity index (χ4v) is 11.5. The van der Waals surface area contributed by atoms with Crippen LogP contribution in [0.1, 0.15) is 119 Å². The highest BCUT2D eigenvalue weighted by atomic mass is 16.7. The number of esters is 1. The van der Waals surface area contributed by atoms with Crippen molar-refractivity contribution in [2.75, 3.05) is 26.4 Å². The molecule has 7 unspecified atom stereocenters. The number of ether oxygens (including phenoxy) is 4. The summed E-state index contributed by atoms with van der Waals surface area (Å²) in [6.45, 7) is 10.7. The molecule has 3 fully saturated rings. The third-order valence-corrected chi connectivity index (χ3v) is 15.0. The van der Waals surface area contributed by atoms with Gasteiger partial charge in [0.2, 0.25) is 0 Å². The summed E-state index contributed by atoms with van der Waals surface area (Å²) >= 11 is 0. The molecule has 0 bridgehead atoms. The Morgan fingerprint density at radius 2 is 1.53 bits per heavy atom. The van der Waals surface area contributed by atoms with E-state index in [0.717, 1.165) is 30.6 Å². The van der Waals surface area contributed by atoms with Gasteiger partial charge >= 0.3 is 12.1 Å². The minimum absolute atomic E-state index is 0.0165. The number of hydrogen-bond donors (Lipinski definition) is 10. The zero-order chi connectivity index (χ0) is 46.1. The van der Waals surface area contributed by atoms with E-state index in [4.69, 9.17) is 24.1 Å². The summed E-state index contributed by atoms with van der Waals surface area (Å²) in [5, 5.41) is 92.1. The number of aliphatic hydroxyl groups excluding tert-OH is 9. The second-order valence-corrected chi connectivity index (χ2v) is 19.4. The van der Waals surface area contributed by atoms with Gasteiger partial charge in [0.15, 0.2) is 18.4 Å². The molecule has 0 aromatic carbocycles. The Bertz CT molecular complexity index is 1480. The van der Waals surface area contributed by atoms with E-state index < -0.39 is 105 Å². The molecule has 17 atom stereocenters. The van der Waals surface area contributed by atoms with E-state index in [1.807, 2.05) is 0 Å². The van der Waals surface area contributed by atoms with Crippen LogP contribution in [0.4, 0.5) is 4.79 Å². The lowest BCUT2D eigenvalue weighted by molar-refractivity contribution is -0.224. The van der Waals surface area contributed by atoms with Gasteiger partial charge < -0.3 is 70.2 Å². The summed E-state index contributed by atoms with van der Waals surface area (Å²) in [5.74, 6) is 1.72. The third-order valence-electron chi connectivity index (χ3n) is 15.0. The number of amides is 1. The number of nitrogens with one attached hydrogen (secondary N) is 1. The van der Waals surface area contributed by atoms with Crippen LogP contribution in [-0.4, -0.2) is 152 Å². The first-order chi connectivity index (χ1) is 29.2. The highest BCUT2D eigenvalue weighted by Crippen LogP contribution is 2.67. The van der Waals surface area contributed by atoms with Crippen molar-refractivity contribution < 1.29 is 79.3 Å². The SMILES string of the molecule is CCOC(=O)[C@H](COC(=O)OC1CC[C@@]2(C)C(=CC[C@H]3[C@@H]4CC[C@H]([C@H](C)CCCC(C)C)[C@@]4(C)CC[C@@H]32)C1)NC(=O)C(O)C(O)C(O[C@H](O)CC(O)[C@@H](O)C(O)CO)C(O)CO. The zero-order valence-electron chi connectivity index (χ0n) is 37.5. The van der Waals surface area contributed by atoms with E-state index in [1.165, 1.54) is 57.4 Å². The molecule has 17 nitrogen and oxygen atoms in total. The number of hydrogen-bond acceptors (Lipinski definition) is 16. The van der Waals surface area contributed by atoms with Crippen molar-refractivity contribution in [2.45, 2.75) is 180 Å². The van der Waals surface area contributed by atoms with Gasteiger partial charge in [-0.05, 0) is 98.2 Å². The number of rotatable bonds is 23. The lowest BCUT2D eigenvalue weighted by Gasteiger charge is -2.58. The molecule has 10 N–H and O–H groups in total. The molecule has 4 rings (SSSR count). The van der Waals surface area contributed by atoms with Crippen LogP contribution in [0.25, 0.3) is 0 Å². The fourth-order valence-electron chi connectivity index (χ4n) is 11.5. The van der Waals surface area contributed by atoms with Crippen LogP contribution in [0.3, 0.4) is 0 Å². The normalized spacial score (nSPS) is 31.9. The molecule has 17 heteroatoms. The molecule has 0 saturated heterocycles. The topological polar surface area (TPSA) is 282 Å². The molecule has 0 aromatic heterocycles. The first-order valence-electron chi connectivity index (χ1n) is 22.9. The van der Waals surface area contributed by atoms with Crippen LogP contribution < -0.4 is 5.32 Å². The average molecular weight is 888 g/mol. The molecule has 62 heavy (non-hydrogen) atoms. The Labute approximate surface area is 366 Å². The lowest BCUT2D eigenvalue weighted by atomic mass is 9.47. The predicted octanol–water partition coefficient (Wildman–Crippen LogP) is 1.84. The molecule has 4 aliphatic rings. The molecule has 4 aliphatic carbocycles. The summed E-state index contributed by atoms with van der Waals surface area (Å²) in [5.41, 5.74) is 1.70. The van der Waals surface area contributed by atoms with E-state index >= 15 is 0 Å². The minimum atomic E-state index is -2.47. The Morgan fingerprint density at radius 1 is 0.839 bits per heavy atom. The van der Waals surface area contributed by atoms with Gasteiger partial charge in [0, 0.05) is 12.8 Å². The standard InChI is InChI=1S/C45H77NO16/c1-7-59-42(57)32(46-41(56)39(55)38(54)40(35(51)22-48)62-36(52)20-33(49)37(53)34(50)21-47)23-60-43(58)61-27-15-17-44(5)26(19-27)11-12-28-30-14-13-29(25(4)10-8-9-24(2)3)45(30,6)18-16-31(28)44/h11,24-25,27-40,47-55H,7-10,12-23H2,1-6H3,(H,46,56)/t25-,27?,28+,29-,30+,31+,32+,33?,34?,35?,36+,37-,38?,39?,40?,44+,45-/m1/s1. The summed E-state index contributed by atoms with van der Waals surface area (Å²) in [7, 11) is 0. The molecule has 0 aromatic rings. The average Bonchev–Trinajstić information content (AvgIpc) is 3.60. The van der Waals surface area contributed by atoms with Crippen LogP contribution in [0.15, 0.2) is 11.6 Å². The quantitative estimate of drug-likeness (QED) is 0.0398. The molecular weight excluding hydrogens is 810 g/mol. The van der Waals surface area contributed by atoms with Crippen LogP contribution in [0, 0.1) is 46.3 Å². The van der Waals surface area contributed by atoms with Gasteiger partial charge in [-0.25, -0.2) is 9.59 Å². The Morgan fingerprint density at radius 3 is 2.18 bits per heavy atom. The Kier molecular flexibility index (Phi) is 19.5. The number of carbonyl (C=O) groups excluding carboxylic acids is 3. The maximum Gasteiger partial charge on any atom is 0.508 e. The van der Waals surface area contributed by atoms with Crippen LogP contribution in [0.2, 0.25) is 0 Å². The smallest absolute Gasteiger partial charge is 0.464 e. The van der Waals surface area contributed by atoms with E-state index in [1.54, 1.807) is 0 Å². The second kappa shape index (κ2) is 23.1. The van der Waals surface area contributed by atoms with Crippen molar-refractivity contribution in [1.82, 2.24) is 5.32 Å². The van der Waals surface area contributed by atoms with Gasteiger partial charge in [-0.1, -0.05) is 65.5 Å². The fraction of sp³-hybridized carbons (Fsp3) is 0.889. The van der Waals surface area contributed by atoms with Crippen molar-refractivity contribution in [3.05, 3.63) is 11.6 Å². The Balaban J connectivity index is 1.32. The first kappa shape index (κ1) is 52.2. The molecule has 358 valence electrons. The molecule has 0 radical (unpaired) electrons. The predicted molar refractivity (Wildman–Crippen MR) is 224 cm³/mol. The third kappa shape index (κ3) is 12.5. The van der Waals surface area contributed by atoms with Crippen LogP contribution in [-0.2, 0) is 28.5 Å². The molecule has 0 heterocycles. The minimum Gasteiger partial charge on any atom is -0.464 e. The van der Waals surface area contributed by atoms with E-state index in [2.05, 4.69) is 46.0 Å². The monoisotopic (exact) mass is 888 g/mol. The van der Waals surface area contributed by atoms with Crippen molar-refractivity contribution in [2.24, 2.45) is 46.3 Å². The van der Waals surface area contributed by atoms with Gasteiger partial charge in [-0.15, -0.1) is 0 Å².